The Morgan fingerprint density at radius 2 is 2.19 bits per heavy atom. The lowest BCUT2D eigenvalue weighted by Gasteiger charge is -2.14. The molecule has 4 nitrogen and oxygen atoms in total. The molecule has 0 radical (unpaired) electrons. The first kappa shape index (κ1) is 11.0. The van der Waals surface area contributed by atoms with Crippen LogP contribution in [0.5, 0.6) is 0 Å². The van der Waals surface area contributed by atoms with Gasteiger partial charge in [0.1, 0.15) is 12.7 Å². The molecule has 0 unspecified atom stereocenters. The molecule has 1 heterocycles. The first-order chi connectivity index (χ1) is 7.66. The summed E-state index contributed by atoms with van der Waals surface area (Å²) in [5.74, 6) is 0. The second-order valence-corrected chi connectivity index (χ2v) is 4.24. The van der Waals surface area contributed by atoms with Gasteiger partial charge in [-0.15, -0.1) is 0 Å². The average Bonchev–Trinajstić information content (AvgIpc) is 2.69. The van der Waals surface area contributed by atoms with Crippen LogP contribution in [0.25, 0.3) is 5.69 Å². The van der Waals surface area contributed by atoms with Crippen LogP contribution < -0.4 is 5.32 Å². The van der Waals surface area contributed by atoms with Gasteiger partial charge in [-0.25, -0.2) is 9.67 Å². The molecule has 0 aliphatic heterocycles. The molecule has 1 N–H and O–H groups in total. The van der Waals surface area contributed by atoms with E-state index in [0.717, 1.165) is 11.4 Å². The Kier molecular flexibility index (Phi) is 3.10. The summed E-state index contributed by atoms with van der Waals surface area (Å²) in [6.45, 7) is 4.15. The van der Waals surface area contributed by atoms with Crippen molar-refractivity contribution in [1.82, 2.24) is 14.8 Å². The van der Waals surface area contributed by atoms with Gasteiger partial charge < -0.3 is 5.32 Å². The maximum absolute atomic E-state index is 5.98. The van der Waals surface area contributed by atoms with Crippen molar-refractivity contribution in [2.45, 2.75) is 19.9 Å². The molecule has 1 aromatic heterocycles. The number of anilines is 1. The number of nitrogens with zero attached hydrogens (tertiary/aromatic N) is 3. The maximum atomic E-state index is 5.98. The first-order valence-corrected chi connectivity index (χ1v) is 5.45. The Hall–Kier alpha value is -1.55. The van der Waals surface area contributed by atoms with Crippen LogP contribution in [-0.4, -0.2) is 20.8 Å². The molecule has 16 heavy (non-hydrogen) atoms. The highest BCUT2D eigenvalue weighted by Crippen LogP contribution is 2.24. The second kappa shape index (κ2) is 4.53. The van der Waals surface area contributed by atoms with E-state index in [1.54, 1.807) is 11.0 Å². The van der Waals surface area contributed by atoms with Crippen LogP contribution >= 0.6 is 11.6 Å². The van der Waals surface area contributed by atoms with E-state index >= 15 is 0 Å². The Morgan fingerprint density at radius 1 is 1.38 bits per heavy atom. The highest BCUT2D eigenvalue weighted by atomic mass is 35.5. The van der Waals surface area contributed by atoms with Gasteiger partial charge in [-0.3, -0.25) is 0 Å². The van der Waals surface area contributed by atoms with Crippen molar-refractivity contribution in [3.63, 3.8) is 0 Å². The fourth-order valence-electron chi connectivity index (χ4n) is 1.47. The molecule has 0 atom stereocenters. The van der Waals surface area contributed by atoms with Crippen LogP contribution in [0.3, 0.4) is 0 Å². The summed E-state index contributed by atoms with van der Waals surface area (Å²) in [6.07, 6.45) is 3.17. The van der Waals surface area contributed by atoms with E-state index in [-0.39, 0.29) is 0 Å². The standard InChI is InChI=1S/C11H13ClN4/c1-8(2)15-10-5-9(12)3-4-11(10)16-7-13-6-14-16/h3-8,15H,1-2H3. The number of hydrogen-bond donors (Lipinski definition) is 1. The average molecular weight is 237 g/mol. The number of nitrogens with one attached hydrogen (secondary N) is 1. The molecule has 5 heteroatoms. The highest BCUT2D eigenvalue weighted by molar-refractivity contribution is 6.31. The van der Waals surface area contributed by atoms with Crippen molar-refractivity contribution in [2.75, 3.05) is 5.32 Å². The van der Waals surface area contributed by atoms with Crippen LogP contribution in [0.4, 0.5) is 5.69 Å². The quantitative estimate of drug-likeness (QED) is 0.891. The van der Waals surface area contributed by atoms with E-state index in [1.165, 1.54) is 6.33 Å². The molecule has 2 aromatic rings. The van der Waals surface area contributed by atoms with Gasteiger partial charge in [-0.2, -0.15) is 5.10 Å². The van der Waals surface area contributed by atoms with E-state index in [0.29, 0.717) is 11.1 Å². The lowest BCUT2D eigenvalue weighted by molar-refractivity contribution is 0.859. The largest absolute Gasteiger partial charge is 0.381 e. The number of rotatable bonds is 3. The van der Waals surface area contributed by atoms with Crippen LogP contribution in [0, 0.1) is 0 Å². The van der Waals surface area contributed by atoms with Crippen LogP contribution in [0.15, 0.2) is 30.9 Å². The number of hydrogen-bond acceptors (Lipinski definition) is 3. The van der Waals surface area contributed by atoms with Gasteiger partial charge in [-0.1, -0.05) is 11.6 Å². The zero-order valence-corrected chi connectivity index (χ0v) is 9.94. The summed E-state index contributed by atoms with van der Waals surface area (Å²) in [7, 11) is 0. The number of benzene rings is 1. The molecule has 0 fully saturated rings. The fourth-order valence-corrected chi connectivity index (χ4v) is 1.64. The summed E-state index contributed by atoms with van der Waals surface area (Å²) < 4.78 is 1.71. The fraction of sp³-hybridized carbons (Fsp3) is 0.273. The van der Waals surface area contributed by atoms with Gasteiger partial charge in [0.15, 0.2) is 0 Å². The summed E-state index contributed by atoms with van der Waals surface area (Å²) >= 11 is 5.98. The van der Waals surface area contributed by atoms with Crippen LogP contribution in [0.2, 0.25) is 5.02 Å². The molecule has 0 saturated carbocycles. The van der Waals surface area contributed by atoms with Gasteiger partial charge in [0, 0.05) is 11.1 Å². The Labute approximate surface area is 99.3 Å². The summed E-state index contributed by atoms with van der Waals surface area (Å²) in [5.41, 5.74) is 1.89. The predicted octanol–water partition coefficient (Wildman–Crippen LogP) is 2.74. The van der Waals surface area contributed by atoms with Crippen molar-refractivity contribution < 1.29 is 0 Å². The zero-order valence-electron chi connectivity index (χ0n) is 9.18. The van der Waals surface area contributed by atoms with Crippen molar-refractivity contribution in [3.05, 3.63) is 35.9 Å². The van der Waals surface area contributed by atoms with Crippen LogP contribution in [-0.2, 0) is 0 Å². The normalized spacial score (nSPS) is 10.8. The minimum atomic E-state index is 0.334. The third-order valence-electron chi connectivity index (χ3n) is 2.07. The Balaban J connectivity index is 2.44. The summed E-state index contributed by atoms with van der Waals surface area (Å²) in [6, 6.07) is 5.98. The minimum Gasteiger partial charge on any atom is -0.381 e. The van der Waals surface area contributed by atoms with Crippen molar-refractivity contribution >= 4 is 17.3 Å². The molecule has 1 aromatic carbocycles. The summed E-state index contributed by atoms with van der Waals surface area (Å²) in [4.78, 5) is 3.93. The molecular formula is C11H13ClN4. The van der Waals surface area contributed by atoms with E-state index < -0.39 is 0 Å². The van der Waals surface area contributed by atoms with E-state index in [4.69, 9.17) is 11.6 Å². The molecule has 0 spiro atoms. The minimum absolute atomic E-state index is 0.334. The second-order valence-electron chi connectivity index (χ2n) is 3.80. The Bertz CT molecular complexity index is 465. The lowest BCUT2D eigenvalue weighted by Crippen LogP contribution is -2.12. The third kappa shape index (κ3) is 2.33. The van der Waals surface area contributed by atoms with Crippen molar-refractivity contribution in [2.24, 2.45) is 0 Å². The SMILES string of the molecule is CC(C)Nc1cc(Cl)ccc1-n1cncn1. The lowest BCUT2D eigenvalue weighted by atomic mass is 10.2. The molecule has 84 valence electrons. The van der Waals surface area contributed by atoms with Gasteiger partial charge in [-0.05, 0) is 32.0 Å². The van der Waals surface area contributed by atoms with E-state index in [1.807, 2.05) is 18.2 Å². The molecule has 0 bridgehead atoms. The van der Waals surface area contributed by atoms with Gasteiger partial charge in [0.05, 0.1) is 11.4 Å². The number of halogens is 1. The van der Waals surface area contributed by atoms with Crippen molar-refractivity contribution in [3.8, 4) is 5.69 Å². The van der Waals surface area contributed by atoms with E-state index in [2.05, 4.69) is 29.2 Å². The third-order valence-corrected chi connectivity index (χ3v) is 2.30. The van der Waals surface area contributed by atoms with Crippen LogP contribution in [0.1, 0.15) is 13.8 Å². The topological polar surface area (TPSA) is 42.7 Å². The molecule has 0 aliphatic rings. The predicted molar refractivity (Wildman–Crippen MR) is 65.1 cm³/mol. The van der Waals surface area contributed by atoms with Gasteiger partial charge >= 0.3 is 0 Å². The maximum Gasteiger partial charge on any atom is 0.138 e. The first-order valence-electron chi connectivity index (χ1n) is 5.08. The highest BCUT2D eigenvalue weighted by Gasteiger charge is 2.07. The monoisotopic (exact) mass is 236 g/mol. The van der Waals surface area contributed by atoms with Crippen molar-refractivity contribution in [1.29, 1.82) is 0 Å². The molecule has 2 rings (SSSR count). The smallest absolute Gasteiger partial charge is 0.138 e. The molecule has 0 saturated heterocycles. The summed E-state index contributed by atoms with van der Waals surface area (Å²) in [5, 5.41) is 8.14. The van der Waals surface area contributed by atoms with Gasteiger partial charge in [0.25, 0.3) is 0 Å². The number of aromatic nitrogens is 3. The Morgan fingerprint density at radius 3 is 2.81 bits per heavy atom. The molecular weight excluding hydrogens is 224 g/mol. The zero-order chi connectivity index (χ0) is 11.5. The van der Waals surface area contributed by atoms with E-state index in [9.17, 15) is 0 Å². The molecule has 0 amide bonds. The van der Waals surface area contributed by atoms with Gasteiger partial charge in [0.2, 0.25) is 0 Å². The molecule has 0 aliphatic carbocycles.